The highest BCUT2D eigenvalue weighted by atomic mass is 15.0. The van der Waals surface area contributed by atoms with Gasteiger partial charge in [0, 0.05) is 45.1 Å². The minimum Gasteiger partial charge on any atom is -0.309 e. The van der Waals surface area contributed by atoms with Crippen molar-refractivity contribution in [2.45, 2.75) is 6.92 Å². The van der Waals surface area contributed by atoms with E-state index in [-0.39, 0.29) is 0 Å². The van der Waals surface area contributed by atoms with Crippen LogP contribution in [0.2, 0.25) is 0 Å². The van der Waals surface area contributed by atoms with Crippen LogP contribution in [-0.2, 0) is 0 Å². The number of aromatic nitrogens is 4. The third-order valence-corrected chi connectivity index (χ3v) is 13.1. The summed E-state index contributed by atoms with van der Waals surface area (Å²) in [5.74, 6) is 0. The zero-order valence-electron chi connectivity index (χ0n) is 35.0. The zero-order chi connectivity index (χ0) is 42.3. The van der Waals surface area contributed by atoms with Crippen molar-refractivity contribution < 1.29 is 0 Å². The van der Waals surface area contributed by atoms with Crippen molar-refractivity contribution in [2.24, 2.45) is 0 Å². The fourth-order valence-electron chi connectivity index (χ4n) is 10.0. The van der Waals surface area contributed by atoms with E-state index in [1.165, 1.54) is 70.9 Å². The van der Waals surface area contributed by atoms with E-state index in [0.29, 0.717) is 0 Å². The number of benzene rings is 9. The van der Waals surface area contributed by atoms with E-state index >= 15 is 0 Å². The average molecular weight is 815 g/mol. The molecule has 0 atom stereocenters. The van der Waals surface area contributed by atoms with Gasteiger partial charge in [-0.1, -0.05) is 151 Å². The van der Waals surface area contributed by atoms with E-state index in [1.54, 1.807) is 0 Å². The van der Waals surface area contributed by atoms with E-state index < -0.39 is 0 Å². The molecule has 13 aromatic rings. The first-order chi connectivity index (χ1) is 31.6. The van der Waals surface area contributed by atoms with Gasteiger partial charge in [0.25, 0.3) is 0 Å². The van der Waals surface area contributed by atoms with Crippen molar-refractivity contribution in [3.05, 3.63) is 218 Å². The van der Waals surface area contributed by atoms with Gasteiger partial charge in [0.1, 0.15) is 0 Å². The van der Waals surface area contributed by atoms with Crippen LogP contribution in [0.25, 0.3) is 126 Å². The molecule has 0 bridgehead atoms. The Bertz CT molecular complexity index is 3910. The molecule has 0 spiro atoms. The molecule has 9 aromatic carbocycles. The summed E-state index contributed by atoms with van der Waals surface area (Å²) in [4.78, 5) is 15.3. The van der Waals surface area contributed by atoms with Gasteiger partial charge in [-0.15, -0.1) is 0 Å². The Morgan fingerprint density at radius 1 is 0.344 bits per heavy atom. The summed E-state index contributed by atoms with van der Waals surface area (Å²) in [7, 11) is 0. The average Bonchev–Trinajstić information content (AvgIpc) is 3.68. The molecule has 0 fully saturated rings. The fourth-order valence-corrected chi connectivity index (χ4v) is 10.0. The SMILES string of the molecule is Cc1ccc(-c2ccc3c4ccccc4c4cc5c(cc4c3c2)c2cc(-c3ccccc3)ccc2n5-c2cc(-c3cccc4cccnc34)nc(-c3cccc4cccnc34)c2)cc1. The second-order valence-corrected chi connectivity index (χ2v) is 16.9. The highest BCUT2D eigenvalue weighted by Gasteiger charge is 2.21. The molecular formula is C60H38N4. The highest BCUT2D eigenvalue weighted by molar-refractivity contribution is 6.29. The van der Waals surface area contributed by atoms with Crippen LogP contribution in [0.1, 0.15) is 5.56 Å². The Hall–Kier alpha value is -8.47. The lowest BCUT2D eigenvalue weighted by Crippen LogP contribution is -1.99. The van der Waals surface area contributed by atoms with E-state index in [1.807, 2.05) is 24.5 Å². The predicted octanol–water partition coefficient (Wildman–Crippen LogP) is 15.7. The third kappa shape index (κ3) is 5.73. The molecule has 4 heteroatoms. The van der Waals surface area contributed by atoms with Crippen molar-refractivity contribution in [2.75, 3.05) is 0 Å². The van der Waals surface area contributed by atoms with Crippen molar-refractivity contribution in [3.63, 3.8) is 0 Å². The number of pyridine rings is 3. The van der Waals surface area contributed by atoms with Crippen molar-refractivity contribution in [3.8, 4) is 50.5 Å². The van der Waals surface area contributed by atoms with Gasteiger partial charge in [-0.3, -0.25) is 9.97 Å². The first-order valence-electron chi connectivity index (χ1n) is 21.8. The lowest BCUT2D eigenvalue weighted by atomic mass is 9.91. The van der Waals surface area contributed by atoms with E-state index in [4.69, 9.17) is 15.0 Å². The van der Waals surface area contributed by atoms with E-state index in [9.17, 15) is 0 Å². The van der Waals surface area contributed by atoms with E-state index in [0.717, 1.165) is 61.0 Å². The topological polar surface area (TPSA) is 43.6 Å². The summed E-state index contributed by atoms with van der Waals surface area (Å²) in [5, 5.41) is 11.9. The highest BCUT2D eigenvalue weighted by Crippen LogP contribution is 2.44. The Kier molecular flexibility index (Phi) is 8.09. The molecule has 0 radical (unpaired) electrons. The Morgan fingerprint density at radius 2 is 0.859 bits per heavy atom. The molecule has 64 heavy (non-hydrogen) atoms. The van der Waals surface area contributed by atoms with Crippen LogP contribution in [0, 0.1) is 6.92 Å². The number of aryl methyl sites for hydroxylation is 1. The summed E-state index contributed by atoms with van der Waals surface area (Å²) in [6, 6.07) is 72.7. The number of nitrogens with zero attached hydrogens (tertiary/aromatic N) is 4. The first-order valence-corrected chi connectivity index (χ1v) is 21.8. The van der Waals surface area contributed by atoms with Gasteiger partial charge >= 0.3 is 0 Å². The molecule has 4 nitrogen and oxygen atoms in total. The van der Waals surface area contributed by atoms with Crippen LogP contribution in [0.5, 0.6) is 0 Å². The summed E-state index contributed by atoms with van der Waals surface area (Å²) in [6.45, 7) is 2.14. The molecular weight excluding hydrogens is 777 g/mol. The van der Waals surface area contributed by atoms with Gasteiger partial charge in [0.05, 0.1) is 39.1 Å². The maximum Gasteiger partial charge on any atom is 0.0795 e. The van der Waals surface area contributed by atoms with E-state index in [2.05, 4.69) is 200 Å². The molecule has 4 aromatic heterocycles. The number of rotatable bonds is 5. The maximum atomic E-state index is 5.47. The molecule has 0 aliphatic heterocycles. The van der Waals surface area contributed by atoms with Crippen LogP contribution in [0.3, 0.4) is 0 Å². The third-order valence-electron chi connectivity index (χ3n) is 13.1. The Balaban J connectivity index is 1.16. The quantitative estimate of drug-likeness (QED) is 0.163. The molecule has 0 N–H and O–H groups in total. The van der Waals surface area contributed by atoms with Crippen LogP contribution >= 0.6 is 0 Å². The molecule has 0 unspecified atom stereocenters. The summed E-state index contributed by atoms with van der Waals surface area (Å²) in [5.41, 5.74) is 14.8. The molecule has 0 saturated heterocycles. The van der Waals surface area contributed by atoms with Crippen molar-refractivity contribution in [1.82, 2.24) is 19.5 Å². The first kappa shape index (κ1) is 36.2. The standard InChI is InChI=1S/C60H38N4/c1-37-21-23-39(24-22-37)42-25-27-47-45-17-5-6-18-46(45)52-36-58-54(35-51(52)50(47)31-42)53-32-43(38-11-3-2-4-12-38)26-28-57(53)64(58)44-33-55(48-19-7-13-40-15-9-29-61-59(40)48)63-56(34-44)49-20-8-14-41-16-10-30-62-60(41)49/h2-36H,1H3. The fraction of sp³-hybridized carbons (Fsp3) is 0.0167. The molecule has 0 amide bonds. The molecule has 4 heterocycles. The van der Waals surface area contributed by atoms with Crippen molar-refractivity contribution in [1.29, 1.82) is 0 Å². The van der Waals surface area contributed by atoms with Gasteiger partial charge in [0.2, 0.25) is 0 Å². The van der Waals surface area contributed by atoms with Gasteiger partial charge < -0.3 is 4.57 Å². The Labute approximate surface area is 369 Å². The van der Waals surface area contributed by atoms with Crippen LogP contribution < -0.4 is 0 Å². The minimum atomic E-state index is 0.849. The van der Waals surface area contributed by atoms with Crippen LogP contribution in [0.15, 0.2) is 213 Å². The second-order valence-electron chi connectivity index (χ2n) is 16.9. The van der Waals surface area contributed by atoms with Gasteiger partial charge in [-0.05, 0) is 116 Å². The number of para-hydroxylation sites is 2. The largest absolute Gasteiger partial charge is 0.309 e. The summed E-state index contributed by atoms with van der Waals surface area (Å²) < 4.78 is 2.45. The zero-order valence-corrected chi connectivity index (χ0v) is 35.0. The van der Waals surface area contributed by atoms with Gasteiger partial charge in [0.15, 0.2) is 0 Å². The van der Waals surface area contributed by atoms with Crippen molar-refractivity contribution >= 4 is 75.9 Å². The number of fused-ring (bicyclic) bond motifs is 11. The Morgan fingerprint density at radius 3 is 1.55 bits per heavy atom. The normalized spacial score (nSPS) is 11.8. The maximum absolute atomic E-state index is 5.47. The second kappa shape index (κ2) is 14.3. The van der Waals surface area contributed by atoms with Gasteiger partial charge in [-0.2, -0.15) is 0 Å². The summed E-state index contributed by atoms with van der Waals surface area (Å²) in [6.07, 6.45) is 3.73. The minimum absolute atomic E-state index is 0.849. The lowest BCUT2D eigenvalue weighted by molar-refractivity contribution is 1.16. The molecule has 0 saturated carbocycles. The van der Waals surface area contributed by atoms with Crippen LogP contribution in [-0.4, -0.2) is 19.5 Å². The number of hydrogen-bond acceptors (Lipinski definition) is 3. The van der Waals surface area contributed by atoms with Crippen LogP contribution in [0.4, 0.5) is 0 Å². The lowest BCUT2D eigenvalue weighted by Gasteiger charge is -2.16. The molecule has 13 rings (SSSR count). The molecule has 0 aliphatic rings. The molecule has 298 valence electrons. The predicted molar refractivity (Wildman–Crippen MR) is 268 cm³/mol. The number of hydrogen-bond donors (Lipinski definition) is 0. The monoisotopic (exact) mass is 814 g/mol. The summed E-state index contributed by atoms with van der Waals surface area (Å²) >= 11 is 0. The van der Waals surface area contributed by atoms with Gasteiger partial charge in [-0.25, -0.2) is 4.98 Å². The molecule has 0 aliphatic carbocycles. The smallest absolute Gasteiger partial charge is 0.0795 e.